The second-order valence-corrected chi connectivity index (χ2v) is 12.6. The molecule has 0 atom stereocenters. The summed E-state index contributed by atoms with van der Waals surface area (Å²) in [5.74, 6) is 0.163. The molecule has 266 valence electrons. The van der Waals surface area contributed by atoms with Crippen molar-refractivity contribution in [3.8, 4) is 0 Å². The maximum Gasteiger partial charge on any atom is 0.307 e. The molecule has 2 rings (SSSR count). The molecule has 2 fully saturated rings. The Morgan fingerprint density at radius 3 is 1.13 bits per heavy atom. The maximum atomic E-state index is 12.1. The third-order valence-corrected chi connectivity index (χ3v) is 8.70. The second-order valence-electron chi connectivity index (χ2n) is 11.6. The fourth-order valence-corrected chi connectivity index (χ4v) is 5.42. The molecule has 46 heavy (non-hydrogen) atoms. The minimum Gasteiger partial charge on any atom is -0.466 e. The number of hydrogen-bond donors (Lipinski definition) is 0. The van der Waals surface area contributed by atoms with Gasteiger partial charge in [-0.1, -0.05) is 0 Å². The van der Waals surface area contributed by atoms with Crippen molar-refractivity contribution in [2.24, 2.45) is 0 Å². The highest BCUT2D eigenvalue weighted by molar-refractivity contribution is 7.98. The summed E-state index contributed by atoms with van der Waals surface area (Å²) in [5, 5.41) is 0. The first kappa shape index (κ1) is 40.2. The summed E-state index contributed by atoms with van der Waals surface area (Å²) in [7, 11) is 1.58. The SMILES string of the molecule is COCCOC(=O)CCN1CCN(CCC(=O)OCCCCCCOC(=O)CCN2CCN(CCC(=O)OCCSC)CC2)CC1. The summed E-state index contributed by atoms with van der Waals surface area (Å²) in [6.07, 6.45) is 7.01. The predicted molar refractivity (Wildman–Crippen MR) is 177 cm³/mol. The lowest BCUT2D eigenvalue weighted by Crippen LogP contribution is -2.47. The topological polar surface area (TPSA) is 127 Å². The van der Waals surface area contributed by atoms with Gasteiger partial charge in [-0.3, -0.25) is 19.2 Å². The normalized spacial score (nSPS) is 16.7. The number of piperazine rings is 2. The minimum absolute atomic E-state index is 0.134. The third-order valence-electron chi connectivity index (χ3n) is 8.12. The summed E-state index contributed by atoms with van der Waals surface area (Å²) in [4.78, 5) is 56.8. The average Bonchev–Trinajstić information content (AvgIpc) is 3.07. The molecular weight excluding hydrogens is 616 g/mol. The Morgan fingerprint density at radius 2 is 0.804 bits per heavy atom. The van der Waals surface area contributed by atoms with E-state index in [0.717, 1.165) is 90.3 Å². The Morgan fingerprint density at radius 1 is 0.478 bits per heavy atom. The average molecular weight is 675 g/mol. The van der Waals surface area contributed by atoms with Crippen molar-refractivity contribution >= 4 is 35.6 Å². The molecule has 0 radical (unpaired) electrons. The van der Waals surface area contributed by atoms with Gasteiger partial charge in [0.1, 0.15) is 13.2 Å². The molecule has 0 N–H and O–H groups in total. The number of thioether (sulfide) groups is 1. The molecule has 14 heteroatoms. The first-order chi connectivity index (χ1) is 22.4. The van der Waals surface area contributed by atoms with E-state index in [1.54, 1.807) is 18.9 Å². The molecule has 0 aromatic carbocycles. The smallest absolute Gasteiger partial charge is 0.307 e. The number of carbonyl (C=O) groups excluding carboxylic acids is 4. The van der Waals surface area contributed by atoms with Crippen molar-refractivity contribution in [2.45, 2.75) is 51.4 Å². The van der Waals surface area contributed by atoms with Crippen LogP contribution in [-0.2, 0) is 42.9 Å². The van der Waals surface area contributed by atoms with E-state index >= 15 is 0 Å². The van der Waals surface area contributed by atoms with Crippen LogP contribution in [0.5, 0.6) is 0 Å². The van der Waals surface area contributed by atoms with Crippen LogP contribution >= 0.6 is 11.8 Å². The number of carbonyl (C=O) groups is 4. The molecule has 0 amide bonds. The number of hydrogen-bond acceptors (Lipinski definition) is 14. The van der Waals surface area contributed by atoms with Gasteiger partial charge in [0.25, 0.3) is 0 Å². The molecular formula is C32H58N4O9S. The van der Waals surface area contributed by atoms with Crippen molar-refractivity contribution in [1.82, 2.24) is 19.6 Å². The summed E-state index contributed by atoms with van der Waals surface area (Å²) < 4.78 is 26.0. The zero-order valence-electron chi connectivity index (χ0n) is 28.3. The summed E-state index contributed by atoms with van der Waals surface area (Å²) >= 11 is 1.66. The van der Waals surface area contributed by atoms with E-state index < -0.39 is 0 Å². The number of nitrogens with zero attached hydrogens (tertiary/aromatic N) is 4. The van der Waals surface area contributed by atoms with Gasteiger partial charge in [0, 0.05) is 91.4 Å². The van der Waals surface area contributed by atoms with Gasteiger partial charge in [-0.25, -0.2) is 0 Å². The van der Waals surface area contributed by atoms with Crippen LogP contribution in [0.2, 0.25) is 0 Å². The Kier molecular flexibility index (Phi) is 22.8. The van der Waals surface area contributed by atoms with E-state index in [2.05, 4.69) is 19.6 Å². The van der Waals surface area contributed by atoms with Gasteiger partial charge >= 0.3 is 23.9 Å². The number of ether oxygens (including phenoxy) is 5. The highest BCUT2D eigenvalue weighted by Crippen LogP contribution is 2.07. The van der Waals surface area contributed by atoms with Crippen LogP contribution < -0.4 is 0 Å². The Labute approximate surface area is 279 Å². The standard InChI is InChI=1S/C32H58N4O9S/c1-41-25-26-44-31(39)9-13-35-19-15-33(16-20-35)11-7-29(37)42-23-5-3-4-6-24-43-30(38)8-12-34-17-21-36(22-18-34)14-10-32(40)45-27-28-46-2/h3-28H2,1-2H3. The minimum atomic E-state index is -0.199. The monoisotopic (exact) mass is 674 g/mol. The molecule has 0 aromatic heterocycles. The van der Waals surface area contributed by atoms with Gasteiger partial charge in [-0.2, -0.15) is 11.8 Å². The zero-order valence-corrected chi connectivity index (χ0v) is 29.1. The number of esters is 4. The van der Waals surface area contributed by atoms with Gasteiger partial charge in [-0.05, 0) is 31.9 Å². The fraction of sp³-hybridized carbons (Fsp3) is 0.875. The van der Waals surface area contributed by atoms with E-state index in [-0.39, 0.29) is 23.9 Å². The highest BCUT2D eigenvalue weighted by atomic mass is 32.2. The van der Waals surface area contributed by atoms with Crippen LogP contribution in [0.3, 0.4) is 0 Å². The van der Waals surface area contributed by atoms with Crippen LogP contribution in [0.25, 0.3) is 0 Å². The van der Waals surface area contributed by atoms with Gasteiger partial charge in [-0.15, -0.1) is 0 Å². The molecule has 0 bridgehead atoms. The number of unbranched alkanes of at least 4 members (excludes halogenated alkanes) is 3. The van der Waals surface area contributed by atoms with Crippen molar-refractivity contribution in [2.75, 3.05) is 131 Å². The molecule has 0 unspecified atom stereocenters. The van der Waals surface area contributed by atoms with Crippen molar-refractivity contribution < 1.29 is 42.9 Å². The van der Waals surface area contributed by atoms with Crippen LogP contribution in [0.1, 0.15) is 51.4 Å². The molecule has 0 saturated carbocycles. The first-order valence-electron chi connectivity index (χ1n) is 16.9. The van der Waals surface area contributed by atoms with E-state index in [0.29, 0.717) is 78.4 Å². The molecule has 2 aliphatic rings. The number of rotatable bonds is 25. The lowest BCUT2D eigenvalue weighted by atomic mass is 10.2. The van der Waals surface area contributed by atoms with Crippen molar-refractivity contribution in [3.05, 3.63) is 0 Å². The van der Waals surface area contributed by atoms with E-state index in [1.807, 2.05) is 6.26 Å². The lowest BCUT2D eigenvalue weighted by Gasteiger charge is -2.34. The fourth-order valence-electron chi connectivity index (χ4n) is 5.17. The highest BCUT2D eigenvalue weighted by Gasteiger charge is 2.20. The summed E-state index contributed by atoms with van der Waals surface area (Å²) in [6.45, 7) is 11.8. The van der Waals surface area contributed by atoms with E-state index in [9.17, 15) is 19.2 Å². The first-order valence-corrected chi connectivity index (χ1v) is 18.3. The van der Waals surface area contributed by atoms with Crippen LogP contribution in [0, 0.1) is 0 Å². The van der Waals surface area contributed by atoms with Gasteiger partial charge < -0.3 is 43.3 Å². The molecule has 2 heterocycles. The summed E-state index contributed by atoms with van der Waals surface area (Å²) in [6, 6.07) is 0. The van der Waals surface area contributed by atoms with Crippen LogP contribution in [0.4, 0.5) is 0 Å². The lowest BCUT2D eigenvalue weighted by molar-refractivity contribution is -0.146. The molecule has 0 spiro atoms. The third kappa shape index (κ3) is 20.3. The van der Waals surface area contributed by atoms with E-state index in [4.69, 9.17) is 23.7 Å². The van der Waals surface area contributed by atoms with Gasteiger partial charge in [0.05, 0.1) is 45.5 Å². The predicted octanol–water partition coefficient (Wildman–Crippen LogP) is 1.52. The second kappa shape index (κ2) is 26.0. The Hall–Kier alpha value is -1.97. The maximum absolute atomic E-state index is 12.1. The molecule has 13 nitrogen and oxygen atoms in total. The van der Waals surface area contributed by atoms with Crippen LogP contribution in [0.15, 0.2) is 0 Å². The molecule has 2 aliphatic heterocycles. The molecule has 0 aliphatic carbocycles. The van der Waals surface area contributed by atoms with Gasteiger partial charge in [0.15, 0.2) is 0 Å². The molecule has 2 saturated heterocycles. The van der Waals surface area contributed by atoms with Crippen molar-refractivity contribution in [3.63, 3.8) is 0 Å². The van der Waals surface area contributed by atoms with Crippen LogP contribution in [-0.4, -0.2) is 174 Å². The Balaban J connectivity index is 1.35. The Bertz CT molecular complexity index is 785. The van der Waals surface area contributed by atoms with Gasteiger partial charge in [0.2, 0.25) is 0 Å². The van der Waals surface area contributed by atoms with Crippen molar-refractivity contribution in [1.29, 1.82) is 0 Å². The largest absolute Gasteiger partial charge is 0.466 e. The molecule has 0 aromatic rings. The zero-order chi connectivity index (χ0) is 33.2. The number of methoxy groups -OCH3 is 1. The summed E-state index contributed by atoms with van der Waals surface area (Å²) in [5.41, 5.74) is 0. The van der Waals surface area contributed by atoms with E-state index in [1.165, 1.54) is 0 Å². The quantitative estimate of drug-likeness (QED) is 0.0789.